The van der Waals surface area contributed by atoms with Crippen molar-refractivity contribution in [2.75, 3.05) is 27.4 Å². The molecule has 0 amide bonds. The smallest absolute Gasteiger partial charge is 0.243 e. The van der Waals surface area contributed by atoms with E-state index in [1.54, 1.807) is 0 Å². The topological polar surface area (TPSA) is 84.9 Å². The highest BCUT2D eigenvalue weighted by Gasteiger charge is 2.22. The van der Waals surface area contributed by atoms with Gasteiger partial charge < -0.3 is 14.6 Å². The van der Waals surface area contributed by atoms with Crippen molar-refractivity contribution in [3.8, 4) is 11.5 Å². The van der Waals surface area contributed by atoms with E-state index in [2.05, 4.69) is 0 Å². The van der Waals surface area contributed by atoms with E-state index in [1.165, 1.54) is 14.2 Å². The predicted molar refractivity (Wildman–Crippen MR) is 61.8 cm³/mol. The number of sulfonamides is 1. The molecule has 2 N–H and O–H groups in total. The van der Waals surface area contributed by atoms with Gasteiger partial charge >= 0.3 is 0 Å². The van der Waals surface area contributed by atoms with Gasteiger partial charge in [0.05, 0.1) is 20.8 Å². The van der Waals surface area contributed by atoms with Gasteiger partial charge in [-0.1, -0.05) is 0 Å². The second kappa shape index (κ2) is 5.98. The molecule has 1 aromatic rings. The van der Waals surface area contributed by atoms with Crippen molar-refractivity contribution in [3.05, 3.63) is 17.9 Å². The van der Waals surface area contributed by atoms with Gasteiger partial charge in [0.2, 0.25) is 10.0 Å². The van der Waals surface area contributed by atoms with Crippen LogP contribution in [0, 0.1) is 5.82 Å². The second-order valence-corrected chi connectivity index (χ2v) is 4.99. The fourth-order valence-corrected chi connectivity index (χ4v) is 2.39. The lowest BCUT2D eigenvalue weighted by Gasteiger charge is -2.11. The molecular weight excluding hydrogens is 265 g/mol. The highest BCUT2D eigenvalue weighted by Crippen LogP contribution is 2.31. The Morgan fingerprint density at radius 2 is 1.83 bits per heavy atom. The van der Waals surface area contributed by atoms with Gasteiger partial charge in [-0.15, -0.1) is 0 Å². The van der Waals surface area contributed by atoms with Crippen molar-refractivity contribution < 1.29 is 27.4 Å². The number of benzene rings is 1. The van der Waals surface area contributed by atoms with Gasteiger partial charge in [0.1, 0.15) is 10.7 Å². The summed E-state index contributed by atoms with van der Waals surface area (Å²) >= 11 is 0. The van der Waals surface area contributed by atoms with Crippen LogP contribution in [0.15, 0.2) is 17.0 Å². The number of nitrogens with one attached hydrogen (secondary N) is 1. The molecule has 6 nitrogen and oxygen atoms in total. The number of hydrogen-bond donors (Lipinski definition) is 2. The molecule has 0 heterocycles. The van der Waals surface area contributed by atoms with Crippen LogP contribution < -0.4 is 14.2 Å². The first-order valence-electron chi connectivity index (χ1n) is 4.98. The normalized spacial score (nSPS) is 11.3. The van der Waals surface area contributed by atoms with E-state index in [-0.39, 0.29) is 24.7 Å². The maximum atomic E-state index is 13.7. The SMILES string of the molecule is COc1cc(F)c(S(=O)(=O)NCCO)cc1OC. The first kappa shape index (κ1) is 14.7. The molecule has 0 aliphatic heterocycles. The number of ether oxygens (including phenoxy) is 2. The average Bonchev–Trinajstić information content (AvgIpc) is 2.35. The Labute approximate surface area is 104 Å². The largest absolute Gasteiger partial charge is 0.493 e. The van der Waals surface area contributed by atoms with Crippen LogP contribution in [0.25, 0.3) is 0 Å². The zero-order chi connectivity index (χ0) is 13.8. The summed E-state index contributed by atoms with van der Waals surface area (Å²) in [5.41, 5.74) is 0. The lowest BCUT2D eigenvalue weighted by Crippen LogP contribution is -2.27. The molecule has 0 aromatic heterocycles. The van der Waals surface area contributed by atoms with Crippen LogP contribution in [0.2, 0.25) is 0 Å². The summed E-state index contributed by atoms with van der Waals surface area (Å²) in [6.45, 7) is -0.579. The molecule has 0 aliphatic rings. The molecule has 0 bridgehead atoms. The van der Waals surface area contributed by atoms with Crippen molar-refractivity contribution in [1.82, 2.24) is 4.72 Å². The zero-order valence-corrected chi connectivity index (χ0v) is 10.8. The molecule has 102 valence electrons. The Balaban J connectivity index is 3.25. The monoisotopic (exact) mass is 279 g/mol. The Kier molecular flexibility index (Phi) is 4.88. The Bertz CT molecular complexity index is 517. The molecule has 18 heavy (non-hydrogen) atoms. The maximum Gasteiger partial charge on any atom is 0.243 e. The summed E-state index contributed by atoms with van der Waals surface area (Å²) in [6.07, 6.45) is 0. The van der Waals surface area contributed by atoms with Gasteiger partial charge in [0.15, 0.2) is 11.5 Å². The fraction of sp³-hybridized carbons (Fsp3) is 0.400. The summed E-state index contributed by atoms with van der Waals surface area (Å²) in [5.74, 6) is -0.766. The fourth-order valence-electron chi connectivity index (χ4n) is 1.30. The van der Waals surface area contributed by atoms with Gasteiger partial charge in [-0.25, -0.2) is 17.5 Å². The molecule has 0 saturated heterocycles. The third kappa shape index (κ3) is 3.09. The number of hydrogen-bond acceptors (Lipinski definition) is 5. The van der Waals surface area contributed by atoms with E-state index in [4.69, 9.17) is 14.6 Å². The summed E-state index contributed by atoms with van der Waals surface area (Å²) in [7, 11) is -1.40. The van der Waals surface area contributed by atoms with E-state index < -0.39 is 20.7 Å². The quantitative estimate of drug-likeness (QED) is 0.772. The highest BCUT2D eigenvalue weighted by molar-refractivity contribution is 7.89. The number of rotatable bonds is 6. The van der Waals surface area contributed by atoms with Crippen LogP contribution in [0.4, 0.5) is 4.39 Å². The third-order valence-electron chi connectivity index (χ3n) is 2.13. The third-order valence-corrected chi connectivity index (χ3v) is 3.61. The average molecular weight is 279 g/mol. The van der Waals surface area contributed by atoms with Gasteiger partial charge in [0, 0.05) is 18.7 Å². The molecule has 0 unspecified atom stereocenters. The molecule has 0 fully saturated rings. The molecule has 8 heteroatoms. The number of methoxy groups -OCH3 is 2. The van der Waals surface area contributed by atoms with Crippen LogP contribution in [0.3, 0.4) is 0 Å². The van der Waals surface area contributed by atoms with E-state index in [0.717, 1.165) is 12.1 Å². The Hall–Kier alpha value is -1.38. The first-order valence-corrected chi connectivity index (χ1v) is 6.46. The van der Waals surface area contributed by atoms with E-state index >= 15 is 0 Å². The standard InChI is InChI=1S/C10H14FNO5S/c1-16-8-5-7(11)10(6-9(8)17-2)18(14,15)12-3-4-13/h5-6,12-13H,3-4H2,1-2H3. The molecule has 0 spiro atoms. The van der Waals surface area contributed by atoms with Crippen LogP contribution in [-0.4, -0.2) is 40.9 Å². The van der Waals surface area contributed by atoms with Gasteiger partial charge in [-0.3, -0.25) is 0 Å². The minimum absolute atomic E-state index is 0.0936. The summed E-state index contributed by atoms with van der Waals surface area (Å²) in [4.78, 5) is -0.561. The van der Waals surface area contributed by atoms with Crippen molar-refractivity contribution in [3.63, 3.8) is 0 Å². The first-order chi connectivity index (χ1) is 8.46. The maximum absolute atomic E-state index is 13.7. The number of halogens is 1. The number of aliphatic hydroxyl groups excluding tert-OH is 1. The van der Waals surface area contributed by atoms with E-state index in [0.29, 0.717) is 0 Å². The summed E-state index contributed by atoms with van der Waals surface area (Å²) < 4.78 is 48.9. The molecule has 1 rings (SSSR count). The second-order valence-electron chi connectivity index (χ2n) is 3.26. The van der Waals surface area contributed by atoms with Crippen LogP contribution >= 0.6 is 0 Å². The zero-order valence-electron chi connectivity index (χ0n) is 9.94. The summed E-state index contributed by atoms with van der Waals surface area (Å²) in [5, 5.41) is 8.56. The lowest BCUT2D eigenvalue weighted by atomic mass is 10.3. The molecule has 0 radical (unpaired) electrons. The van der Waals surface area contributed by atoms with Crippen LogP contribution in [0.5, 0.6) is 11.5 Å². The van der Waals surface area contributed by atoms with Gasteiger partial charge in [-0.05, 0) is 0 Å². The van der Waals surface area contributed by atoms with Crippen molar-refractivity contribution in [2.24, 2.45) is 0 Å². The molecular formula is C10H14FNO5S. The van der Waals surface area contributed by atoms with Crippen LogP contribution in [0.1, 0.15) is 0 Å². The molecule has 0 atom stereocenters. The van der Waals surface area contributed by atoms with Gasteiger partial charge in [-0.2, -0.15) is 0 Å². The van der Waals surface area contributed by atoms with Gasteiger partial charge in [0.25, 0.3) is 0 Å². The van der Waals surface area contributed by atoms with E-state index in [9.17, 15) is 12.8 Å². The minimum atomic E-state index is -4.03. The molecule has 1 aromatic carbocycles. The number of aliphatic hydroxyl groups is 1. The summed E-state index contributed by atoms with van der Waals surface area (Å²) in [6, 6.07) is 1.94. The highest BCUT2D eigenvalue weighted by atomic mass is 32.2. The van der Waals surface area contributed by atoms with Crippen LogP contribution in [-0.2, 0) is 10.0 Å². The molecule has 0 saturated carbocycles. The minimum Gasteiger partial charge on any atom is -0.493 e. The van der Waals surface area contributed by atoms with Crippen molar-refractivity contribution in [1.29, 1.82) is 0 Å². The lowest BCUT2D eigenvalue weighted by molar-refractivity contribution is 0.301. The van der Waals surface area contributed by atoms with Crippen molar-refractivity contribution in [2.45, 2.75) is 4.90 Å². The Morgan fingerprint density at radius 1 is 1.28 bits per heavy atom. The van der Waals surface area contributed by atoms with E-state index in [1.807, 2.05) is 4.72 Å². The Morgan fingerprint density at radius 3 is 2.33 bits per heavy atom. The molecule has 0 aliphatic carbocycles. The van der Waals surface area contributed by atoms with Crippen molar-refractivity contribution >= 4 is 10.0 Å². The predicted octanol–water partition coefficient (Wildman–Crippen LogP) is 0.113.